The van der Waals surface area contributed by atoms with Crippen LogP contribution in [0.15, 0.2) is 37.2 Å². The van der Waals surface area contributed by atoms with Gasteiger partial charge < -0.3 is 20.4 Å². The Morgan fingerprint density at radius 2 is 2.06 bits per heavy atom. The SMILES string of the molecule is Cl.Cl.N[C@@H](Cc1cnc[nH]1)C(=O)N1CCC2(CC1)OCCc1sc(-c3cnccn3)cc12. The molecule has 8 nitrogen and oxygen atoms in total. The summed E-state index contributed by atoms with van der Waals surface area (Å²) in [6.45, 7) is 2.00. The molecule has 2 aliphatic rings. The lowest BCUT2D eigenvalue weighted by Gasteiger charge is -2.44. The fourth-order valence-electron chi connectivity index (χ4n) is 4.43. The van der Waals surface area contributed by atoms with Crippen molar-refractivity contribution in [3.63, 3.8) is 0 Å². The van der Waals surface area contributed by atoms with Crippen molar-refractivity contribution in [2.45, 2.75) is 37.3 Å². The van der Waals surface area contributed by atoms with Crippen molar-refractivity contribution >= 4 is 42.1 Å². The largest absolute Gasteiger partial charge is 0.370 e. The Labute approximate surface area is 202 Å². The number of piperidine rings is 1. The molecule has 2 aliphatic heterocycles. The van der Waals surface area contributed by atoms with E-state index in [1.165, 1.54) is 10.4 Å². The third kappa shape index (κ3) is 4.67. The molecular weight excluding hydrogens is 471 g/mol. The number of nitrogens with two attached hydrogens (primary N) is 1. The van der Waals surface area contributed by atoms with Crippen LogP contribution in [0.2, 0.25) is 0 Å². The van der Waals surface area contributed by atoms with Gasteiger partial charge in [0.2, 0.25) is 5.91 Å². The minimum atomic E-state index is -0.563. The van der Waals surface area contributed by atoms with Crippen LogP contribution in [-0.2, 0) is 28.0 Å². The highest BCUT2D eigenvalue weighted by molar-refractivity contribution is 7.15. The predicted molar refractivity (Wildman–Crippen MR) is 127 cm³/mol. The van der Waals surface area contributed by atoms with Crippen LogP contribution in [0.5, 0.6) is 0 Å². The van der Waals surface area contributed by atoms with Crippen LogP contribution >= 0.6 is 36.2 Å². The fourth-order valence-corrected chi connectivity index (χ4v) is 5.62. The number of carbonyl (C=O) groups excluding carboxylic acids is 1. The average molecular weight is 497 g/mol. The molecule has 1 amide bonds. The van der Waals surface area contributed by atoms with E-state index in [1.807, 2.05) is 4.90 Å². The summed E-state index contributed by atoms with van der Waals surface area (Å²) in [6.07, 6.45) is 11.5. The normalized spacial score (nSPS) is 17.7. The second-order valence-corrected chi connectivity index (χ2v) is 8.98. The van der Waals surface area contributed by atoms with E-state index in [0.717, 1.165) is 35.5 Å². The number of rotatable bonds is 4. The highest BCUT2D eigenvalue weighted by atomic mass is 35.5. The first-order valence-electron chi connectivity index (χ1n) is 10.2. The van der Waals surface area contributed by atoms with E-state index >= 15 is 0 Å². The number of ether oxygens (including phenoxy) is 1. The second kappa shape index (κ2) is 10.3. The molecule has 1 atom stereocenters. The summed E-state index contributed by atoms with van der Waals surface area (Å²) >= 11 is 1.78. The van der Waals surface area contributed by atoms with Gasteiger partial charge in [0.1, 0.15) is 0 Å². The average Bonchev–Trinajstić information content (AvgIpc) is 3.45. The highest BCUT2D eigenvalue weighted by Gasteiger charge is 2.43. The molecule has 5 heterocycles. The van der Waals surface area contributed by atoms with Crippen molar-refractivity contribution in [2.24, 2.45) is 5.73 Å². The summed E-state index contributed by atoms with van der Waals surface area (Å²) in [5.74, 6) is -0.0129. The minimum Gasteiger partial charge on any atom is -0.370 e. The second-order valence-electron chi connectivity index (χ2n) is 7.84. The Hall–Kier alpha value is -2.04. The highest BCUT2D eigenvalue weighted by Crippen LogP contribution is 2.46. The Bertz CT molecular complexity index is 1020. The predicted octanol–water partition coefficient (Wildman–Crippen LogP) is 2.73. The van der Waals surface area contributed by atoms with E-state index in [4.69, 9.17) is 10.5 Å². The van der Waals surface area contributed by atoms with Crippen molar-refractivity contribution < 1.29 is 9.53 Å². The number of thiophene rings is 1. The number of imidazole rings is 1. The number of hydrogen-bond donors (Lipinski definition) is 2. The van der Waals surface area contributed by atoms with Crippen molar-refractivity contribution in [1.29, 1.82) is 0 Å². The van der Waals surface area contributed by atoms with E-state index in [9.17, 15) is 4.79 Å². The van der Waals surface area contributed by atoms with Gasteiger partial charge in [-0.2, -0.15) is 0 Å². The number of aromatic nitrogens is 4. The van der Waals surface area contributed by atoms with Crippen LogP contribution in [0.4, 0.5) is 0 Å². The summed E-state index contributed by atoms with van der Waals surface area (Å²) in [7, 11) is 0. The lowest BCUT2D eigenvalue weighted by Crippen LogP contribution is -2.52. The number of halogens is 2. The number of H-pyrrole nitrogens is 1. The zero-order valence-electron chi connectivity index (χ0n) is 17.4. The number of fused-ring (bicyclic) bond motifs is 2. The van der Waals surface area contributed by atoms with Gasteiger partial charge in [0, 0.05) is 55.1 Å². The summed E-state index contributed by atoms with van der Waals surface area (Å²) in [4.78, 5) is 32.8. The van der Waals surface area contributed by atoms with E-state index < -0.39 is 6.04 Å². The van der Waals surface area contributed by atoms with E-state index in [1.54, 1.807) is 42.5 Å². The smallest absolute Gasteiger partial charge is 0.239 e. The molecule has 0 aromatic carbocycles. The van der Waals surface area contributed by atoms with Crippen molar-refractivity contribution in [2.75, 3.05) is 19.7 Å². The first-order chi connectivity index (χ1) is 14.6. The summed E-state index contributed by atoms with van der Waals surface area (Å²) in [6, 6.07) is 1.65. The maximum Gasteiger partial charge on any atom is 0.239 e. The molecule has 172 valence electrons. The zero-order valence-corrected chi connectivity index (χ0v) is 19.8. The van der Waals surface area contributed by atoms with Gasteiger partial charge >= 0.3 is 0 Å². The molecule has 11 heteroatoms. The van der Waals surface area contributed by atoms with Crippen LogP contribution in [-0.4, -0.2) is 56.5 Å². The Morgan fingerprint density at radius 3 is 2.75 bits per heavy atom. The van der Waals surface area contributed by atoms with Crippen molar-refractivity contribution in [3.05, 3.63) is 53.3 Å². The third-order valence-corrected chi connectivity index (χ3v) is 7.23. The number of nitrogens with one attached hydrogen (secondary N) is 1. The molecule has 3 aromatic rings. The molecule has 32 heavy (non-hydrogen) atoms. The molecule has 1 saturated heterocycles. The first-order valence-corrected chi connectivity index (χ1v) is 11.0. The fraction of sp³-hybridized carbons (Fsp3) is 0.429. The molecular formula is C21H26Cl2N6O2S. The van der Waals surface area contributed by atoms with Gasteiger partial charge in [-0.05, 0) is 24.5 Å². The molecule has 3 N–H and O–H groups in total. The van der Waals surface area contributed by atoms with Crippen molar-refractivity contribution in [3.8, 4) is 10.6 Å². The number of amides is 1. The summed E-state index contributed by atoms with van der Waals surface area (Å²) in [5, 5.41) is 0. The molecule has 0 aliphatic carbocycles. The van der Waals surface area contributed by atoms with E-state index in [2.05, 4.69) is 26.0 Å². The van der Waals surface area contributed by atoms with Crippen LogP contribution < -0.4 is 5.73 Å². The Morgan fingerprint density at radius 1 is 1.25 bits per heavy atom. The van der Waals surface area contributed by atoms with Gasteiger partial charge in [0.05, 0.1) is 41.3 Å². The van der Waals surface area contributed by atoms with Crippen LogP contribution in [0.1, 0.15) is 29.0 Å². The van der Waals surface area contributed by atoms with Crippen LogP contribution in [0, 0.1) is 0 Å². The number of hydrogen-bond acceptors (Lipinski definition) is 7. The Balaban J connectivity index is 0.00000144. The molecule has 0 saturated carbocycles. The minimum absolute atomic E-state index is 0. The number of aromatic amines is 1. The van der Waals surface area contributed by atoms with Gasteiger partial charge in [-0.25, -0.2) is 4.98 Å². The molecule has 0 radical (unpaired) electrons. The maximum atomic E-state index is 12.8. The third-order valence-electron chi connectivity index (χ3n) is 6.02. The van der Waals surface area contributed by atoms with Crippen LogP contribution in [0.25, 0.3) is 10.6 Å². The van der Waals surface area contributed by atoms with Gasteiger partial charge in [0.15, 0.2) is 0 Å². The molecule has 5 rings (SSSR count). The molecule has 3 aromatic heterocycles. The topological polar surface area (TPSA) is 110 Å². The van der Waals surface area contributed by atoms with Gasteiger partial charge in [-0.3, -0.25) is 14.8 Å². The molecule has 0 unspecified atom stereocenters. The molecule has 0 bridgehead atoms. The number of likely N-dealkylation sites (tertiary alicyclic amines) is 1. The zero-order chi connectivity index (χ0) is 20.6. The lowest BCUT2D eigenvalue weighted by atomic mass is 9.82. The standard InChI is InChI=1S/C21H24N6O2S.2ClH/c22-16(9-14-11-24-13-26-14)20(28)27-6-2-21(3-7-27)15-10-19(17-12-23-4-5-25-17)30-18(15)1-8-29-21;;/h4-5,10-13,16H,1-3,6-9,22H2,(H,24,26);2*1H/t16-;;/m0../s1. The summed E-state index contributed by atoms with van der Waals surface area (Å²) in [5.41, 5.74) is 8.87. The molecule has 1 spiro atoms. The molecule has 1 fully saturated rings. The van der Waals surface area contributed by atoms with Gasteiger partial charge in [-0.15, -0.1) is 36.2 Å². The number of carbonyl (C=O) groups is 1. The monoisotopic (exact) mass is 496 g/mol. The van der Waals surface area contributed by atoms with Crippen LogP contribution in [0.3, 0.4) is 0 Å². The maximum absolute atomic E-state index is 12.8. The van der Waals surface area contributed by atoms with E-state index in [0.29, 0.717) is 26.1 Å². The first kappa shape index (κ1) is 24.6. The Kier molecular flexibility index (Phi) is 7.89. The van der Waals surface area contributed by atoms with Gasteiger partial charge in [0.25, 0.3) is 0 Å². The van der Waals surface area contributed by atoms with E-state index in [-0.39, 0.29) is 36.3 Å². The lowest BCUT2D eigenvalue weighted by molar-refractivity contribution is -0.141. The summed E-state index contributed by atoms with van der Waals surface area (Å²) < 4.78 is 6.34. The van der Waals surface area contributed by atoms with Crippen molar-refractivity contribution in [1.82, 2.24) is 24.8 Å². The van der Waals surface area contributed by atoms with Gasteiger partial charge in [-0.1, -0.05) is 0 Å². The quantitative estimate of drug-likeness (QED) is 0.574. The number of nitrogens with zero attached hydrogens (tertiary/aromatic N) is 4.